The molecule has 0 saturated carbocycles. The molecule has 7 heteroatoms. The molecule has 0 aromatic heterocycles. The Morgan fingerprint density at radius 2 is 2.33 bits per heavy atom. The number of methoxy groups -OCH3 is 1. The smallest absolute Gasteiger partial charge is 0.293 e. The highest BCUT2D eigenvalue weighted by Crippen LogP contribution is 2.31. The summed E-state index contributed by atoms with van der Waals surface area (Å²) in [5.41, 5.74) is 0.192. The monoisotopic (exact) mass is 274 g/mol. The molecule has 1 atom stereocenters. The van der Waals surface area contributed by atoms with Crippen LogP contribution >= 0.6 is 11.6 Å². The molecule has 0 aliphatic rings. The maximum atomic E-state index is 10.8. The molecule has 1 aromatic carbocycles. The van der Waals surface area contributed by atoms with Gasteiger partial charge >= 0.3 is 0 Å². The van der Waals surface area contributed by atoms with Crippen LogP contribution in [0, 0.1) is 10.1 Å². The minimum Gasteiger partial charge on any atom is -0.391 e. The third kappa shape index (κ3) is 4.14. The van der Waals surface area contributed by atoms with Crippen LogP contribution in [-0.4, -0.2) is 36.4 Å². The summed E-state index contributed by atoms with van der Waals surface area (Å²) in [6.07, 6.45) is -0.194. The highest BCUT2D eigenvalue weighted by atomic mass is 35.5. The Kier molecular flexibility index (Phi) is 5.84. The van der Waals surface area contributed by atoms with Crippen molar-refractivity contribution in [2.45, 2.75) is 12.5 Å². The molecule has 1 aromatic rings. The zero-order valence-electron chi connectivity index (χ0n) is 9.93. The van der Waals surface area contributed by atoms with E-state index in [2.05, 4.69) is 5.32 Å². The quantitative estimate of drug-likeness (QED) is 0.587. The minimum absolute atomic E-state index is 0.0799. The van der Waals surface area contributed by atoms with Gasteiger partial charge in [-0.1, -0.05) is 17.7 Å². The molecular weight excluding hydrogens is 260 g/mol. The fraction of sp³-hybridized carbons (Fsp3) is 0.455. The van der Waals surface area contributed by atoms with Crippen molar-refractivity contribution in [3.63, 3.8) is 0 Å². The first kappa shape index (κ1) is 14.7. The molecule has 100 valence electrons. The Morgan fingerprint density at radius 1 is 1.61 bits per heavy atom. The standard InChI is InChI=1S/C11H15ClN2O4/c1-18-7-8(15)5-6-13-11-9(12)3-2-4-10(11)14(16)17/h2-4,8,13,15H,5-7H2,1H3. The zero-order chi connectivity index (χ0) is 13.5. The molecule has 0 saturated heterocycles. The topological polar surface area (TPSA) is 84.6 Å². The molecule has 0 aliphatic heterocycles. The van der Waals surface area contributed by atoms with Gasteiger partial charge in [0, 0.05) is 19.7 Å². The molecule has 2 N–H and O–H groups in total. The van der Waals surface area contributed by atoms with Gasteiger partial charge in [-0.25, -0.2) is 0 Å². The lowest BCUT2D eigenvalue weighted by molar-refractivity contribution is -0.383. The Morgan fingerprint density at radius 3 is 2.94 bits per heavy atom. The van der Waals surface area contributed by atoms with Gasteiger partial charge in [-0.05, 0) is 12.5 Å². The molecule has 0 fully saturated rings. The fourth-order valence-electron chi connectivity index (χ4n) is 1.48. The van der Waals surface area contributed by atoms with E-state index in [1.54, 1.807) is 6.07 Å². The third-order valence-corrected chi connectivity index (χ3v) is 2.64. The summed E-state index contributed by atoms with van der Waals surface area (Å²) >= 11 is 5.90. The number of nitrogens with zero attached hydrogens (tertiary/aromatic N) is 1. The van der Waals surface area contributed by atoms with Crippen LogP contribution in [-0.2, 0) is 4.74 Å². The van der Waals surface area contributed by atoms with Crippen LogP contribution in [0.1, 0.15) is 6.42 Å². The van der Waals surface area contributed by atoms with Crippen molar-refractivity contribution >= 4 is 23.0 Å². The van der Waals surface area contributed by atoms with Gasteiger partial charge in [0.2, 0.25) is 0 Å². The van der Waals surface area contributed by atoms with Crippen molar-refractivity contribution in [3.8, 4) is 0 Å². The summed E-state index contributed by atoms with van der Waals surface area (Å²) in [6, 6.07) is 4.47. The van der Waals surface area contributed by atoms with Gasteiger partial charge in [-0.3, -0.25) is 10.1 Å². The Labute approximate surface area is 110 Å². The maximum Gasteiger partial charge on any atom is 0.293 e. The Bertz CT molecular complexity index is 414. The minimum atomic E-state index is -0.607. The number of para-hydroxylation sites is 1. The molecule has 0 spiro atoms. The summed E-state index contributed by atoms with van der Waals surface area (Å²) in [5, 5.41) is 23.4. The second-order valence-electron chi connectivity index (χ2n) is 3.72. The predicted molar refractivity (Wildman–Crippen MR) is 69.1 cm³/mol. The second-order valence-corrected chi connectivity index (χ2v) is 4.12. The second kappa shape index (κ2) is 7.15. The van der Waals surface area contributed by atoms with Crippen molar-refractivity contribution in [1.82, 2.24) is 0 Å². The lowest BCUT2D eigenvalue weighted by atomic mass is 10.2. The van der Waals surface area contributed by atoms with Gasteiger partial charge in [0.25, 0.3) is 5.69 Å². The number of hydrogen-bond acceptors (Lipinski definition) is 5. The fourth-order valence-corrected chi connectivity index (χ4v) is 1.72. The van der Waals surface area contributed by atoms with Crippen LogP contribution in [0.25, 0.3) is 0 Å². The summed E-state index contributed by atoms with van der Waals surface area (Å²) in [7, 11) is 1.50. The SMILES string of the molecule is COCC(O)CCNc1c(Cl)cccc1[N+](=O)[O-]. The number of halogens is 1. The largest absolute Gasteiger partial charge is 0.391 e. The molecule has 0 aliphatic carbocycles. The molecular formula is C11H15ClN2O4. The van der Waals surface area contributed by atoms with Crippen LogP contribution in [0.5, 0.6) is 0 Å². The van der Waals surface area contributed by atoms with Crippen molar-refractivity contribution < 1.29 is 14.8 Å². The van der Waals surface area contributed by atoms with Crippen molar-refractivity contribution in [2.24, 2.45) is 0 Å². The number of rotatable bonds is 7. The van der Waals surface area contributed by atoms with Gasteiger partial charge in [-0.15, -0.1) is 0 Å². The van der Waals surface area contributed by atoms with E-state index in [4.69, 9.17) is 16.3 Å². The number of nitro benzene ring substituents is 1. The normalized spacial score (nSPS) is 12.2. The van der Waals surface area contributed by atoms with Crippen LogP contribution < -0.4 is 5.32 Å². The van der Waals surface area contributed by atoms with Gasteiger partial charge in [0.1, 0.15) is 5.69 Å². The average Bonchev–Trinajstić information content (AvgIpc) is 2.31. The Balaban J connectivity index is 2.64. The number of aliphatic hydroxyl groups is 1. The summed E-state index contributed by atoms with van der Waals surface area (Å²) in [4.78, 5) is 10.3. The molecule has 0 radical (unpaired) electrons. The number of ether oxygens (including phenoxy) is 1. The number of nitro groups is 1. The van der Waals surface area contributed by atoms with E-state index < -0.39 is 11.0 Å². The summed E-state index contributed by atoms with van der Waals surface area (Å²) < 4.78 is 4.78. The van der Waals surface area contributed by atoms with E-state index in [1.807, 2.05) is 0 Å². The molecule has 1 unspecified atom stereocenters. The van der Waals surface area contributed by atoms with Gasteiger partial charge < -0.3 is 15.2 Å². The van der Waals surface area contributed by atoms with Crippen LogP contribution in [0.2, 0.25) is 5.02 Å². The number of aliphatic hydroxyl groups excluding tert-OH is 1. The number of nitrogens with one attached hydrogen (secondary N) is 1. The maximum absolute atomic E-state index is 10.8. The molecule has 1 rings (SSSR count). The van der Waals surface area contributed by atoms with Crippen LogP contribution in [0.4, 0.5) is 11.4 Å². The molecule has 0 heterocycles. The number of anilines is 1. The van der Waals surface area contributed by atoms with E-state index in [0.717, 1.165) is 0 Å². The highest BCUT2D eigenvalue weighted by Gasteiger charge is 2.16. The van der Waals surface area contributed by atoms with E-state index in [-0.39, 0.29) is 23.0 Å². The summed E-state index contributed by atoms with van der Waals surface area (Å²) in [5.74, 6) is 0. The van der Waals surface area contributed by atoms with E-state index in [1.165, 1.54) is 19.2 Å². The first-order valence-corrected chi connectivity index (χ1v) is 5.77. The van der Waals surface area contributed by atoms with Gasteiger partial charge in [0.15, 0.2) is 0 Å². The van der Waals surface area contributed by atoms with Crippen LogP contribution in [0.3, 0.4) is 0 Å². The Hall–Kier alpha value is -1.37. The first-order valence-electron chi connectivity index (χ1n) is 5.40. The van der Waals surface area contributed by atoms with Gasteiger partial charge in [-0.2, -0.15) is 0 Å². The first-order chi connectivity index (χ1) is 8.56. The zero-order valence-corrected chi connectivity index (χ0v) is 10.7. The summed E-state index contributed by atoms with van der Waals surface area (Å²) in [6.45, 7) is 0.599. The lowest BCUT2D eigenvalue weighted by Crippen LogP contribution is -2.18. The van der Waals surface area contributed by atoms with E-state index >= 15 is 0 Å². The molecule has 6 nitrogen and oxygen atoms in total. The molecule has 18 heavy (non-hydrogen) atoms. The van der Waals surface area contributed by atoms with Gasteiger partial charge in [0.05, 0.1) is 22.7 Å². The van der Waals surface area contributed by atoms with E-state index in [0.29, 0.717) is 13.0 Å². The van der Waals surface area contributed by atoms with E-state index in [9.17, 15) is 15.2 Å². The number of benzene rings is 1. The molecule has 0 bridgehead atoms. The van der Waals surface area contributed by atoms with Crippen molar-refractivity contribution in [2.75, 3.05) is 25.6 Å². The van der Waals surface area contributed by atoms with Crippen molar-refractivity contribution in [1.29, 1.82) is 0 Å². The van der Waals surface area contributed by atoms with Crippen molar-refractivity contribution in [3.05, 3.63) is 33.3 Å². The predicted octanol–water partition coefficient (Wildman–Crippen LogP) is 2.06. The average molecular weight is 275 g/mol. The van der Waals surface area contributed by atoms with Crippen LogP contribution in [0.15, 0.2) is 18.2 Å². The number of hydrogen-bond donors (Lipinski definition) is 2. The third-order valence-electron chi connectivity index (χ3n) is 2.33. The highest BCUT2D eigenvalue weighted by molar-refractivity contribution is 6.33. The molecule has 0 amide bonds. The lowest BCUT2D eigenvalue weighted by Gasteiger charge is -2.12.